The van der Waals surface area contributed by atoms with Crippen molar-refractivity contribution in [2.45, 2.75) is 46.1 Å². The fourth-order valence-electron chi connectivity index (χ4n) is 2.19. The van der Waals surface area contributed by atoms with Crippen LogP contribution in [-0.4, -0.2) is 21.1 Å². The van der Waals surface area contributed by atoms with Gasteiger partial charge in [0.1, 0.15) is 5.82 Å². The predicted octanol–water partition coefficient (Wildman–Crippen LogP) is 2.95. The molecule has 5 heteroatoms. The van der Waals surface area contributed by atoms with Gasteiger partial charge in [0.25, 0.3) is 5.91 Å². The van der Waals surface area contributed by atoms with E-state index in [2.05, 4.69) is 39.6 Å². The number of hydrogen-bond donors (Lipinski definition) is 2. The van der Waals surface area contributed by atoms with Crippen LogP contribution >= 0.6 is 0 Å². The van der Waals surface area contributed by atoms with Gasteiger partial charge in [-0.15, -0.1) is 5.10 Å². The SMILES string of the molecule is CCCc1nc(C(=O)NC(CC)c2ccc(C)cc2)n[nH]1. The molecule has 0 aliphatic carbocycles. The molecule has 2 aromatic rings. The average molecular weight is 286 g/mol. The summed E-state index contributed by atoms with van der Waals surface area (Å²) >= 11 is 0. The van der Waals surface area contributed by atoms with Crippen molar-refractivity contribution in [3.8, 4) is 0 Å². The van der Waals surface area contributed by atoms with E-state index in [0.717, 1.165) is 30.7 Å². The Bertz CT molecular complexity index is 589. The van der Waals surface area contributed by atoms with Gasteiger partial charge in [0, 0.05) is 6.42 Å². The monoisotopic (exact) mass is 286 g/mol. The number of carbonyl (C=O) groups is 1. The Kier molecular flexibility index (Phi) is 5.09. The summed E-state index contributed by atoms with van der Waals surface area (Å²) in [6.07, 6.45) is 2.59. The fraction of sp³-hybridized carbons (Fsp3) is 0.438. The zero-order chi connectivity index (χ0) is 15.2. The minimum atomic E-state index is -0.235. The van der Waals surface area contributed by atoms with Crippen molar-refractivity contribution in [2.24, 2.45) is 0 Å². The summed E-state index contributed by atoms with van der Waals surface area (Å²) in [5.41, 5.74) is 2.30. The molecule has 2 rings (SSSR count). The first kappa shape index (κ1) is 15.2. The summed E-state index contributed by atoms with van der Waals surface area (Å²) in [7, 11) is 0. The molecule has 5 nitrogen and oxygen atoms in total. The molecule has 0 spiro atoms. The lowest BCUT2D eigenvalue weighted by Gasteiger charge is -2.16. The van der Waals surface area contributed by atoms with E-state index >= 15 is 0 Å². The number of nitrogens with one attached hydrogen (secondary N) is 2. The second-order valence-corrected chi connectivity index (χ2v) is 5.20. The van der Waals surface area contributed by atoms with Gasteiger partial charge in [-0.1, -0.05) is 43.7 Å². The number of aromatic nitrogens is 3. The van der Waals surface area contributed by atoms with Gasteiger partial charge in [-0.3, -0.25) is 9.89 Å². The lowest BCUT2D eigenvalue weighted by atomic mass is 10.0. The van der Waals surface area contributed by atoms with Gasteiger partial charge in [-0.25, -0.2) is 4.98 Å². The number of aromatic amines is 1. The minimum absolute atomic E-state index is 0.0220. The topological polar surface area (TPSA) is 70.7 Å². The van der Waals surface area contributed by atoms with E-state index < -0.39 is 0 Å². The summed E-state index contributed by atoms with van der Waals surface area (Å²) in [6.45, 7) is 6.16. The molecular formula is C16H22N4O. The maximum absolute atomic E-state index is 12.2. The van der Waals surface area contributed by atoms with E-state index in [1.54, 1.807) is 0 Å². The molecule has 21 heavy (non-hydrogen) atoms. The predicted molar refractivity (Wildman–Crippen MR) is 82.1 cm³/mol. The molecule has 0 saturated heterocycles. The van der Waals surface area contributed by atoms with Crippen molar-refractivity contribution in [2.75, 3.05) is 0 Å². The molecule has 0 bridgehead atoms. The number of hydrogen-bond acceptors (Lipinski definition) is 3. The maximum atomic E-state index is 12.2. The van der Waals surface area contributed by atoms with Crippen LogP contribution in [-0.2, 0) is 6.42 Å². The van der Waals surface area contributed by atoms with E-state index in [1.165, 1.54) is 5.56 Å². The minimum Gasteiger partial charge on any atom is -0.342 e. The Morgan fingerprint density at radius 1 is 1.29 bits per heavy atom. The van der Waals surface area contributed by atoms with Gasteiger partial charge >= 0.3 is 0 Å². The first-order chi connectivity index (χ1) is 10.1. The normalized spacial score (nSPS) is 12.1. The van der Waals surface area contributed by atoms with Crippen LogP contribution in [0.2, 0.25) is 0 Å². The molecule has 1 unspecified atom stereocenters. The lowest BCUT2D eigenvalue weighted by molar-refractivity contribution is 0.0925. The zero-order valence-corrected chi connectivity index (χ0v) is 12.8. The Hall–Kier alpha value is -2.17. The van der Waals surface area contributed by atoms with Gasteiger partial charge in [-0.2, -0.15) is 0 Å². The summed E-state index contributed by atoms with van der Waals surface area (Å²) in [5, 5.41) is 9.78. The van der Waals surface area contributed by atoms with Crippen LogP contribution < -0.4 is 5.32 Å². The highest BCUT2D eigenvalue weighted by molar-refractivity contribution is 5.90. The van der Waals surface area contributed by atoms with Crippen molar-refractivity contribution in [1.82, 2.24) is 20.5 Å². The molecule has 1 heterocycles. The van der Waals surface area contributed by atoms with E-state index in [9.17, 15) is 4.79 Å². The molecule has 0 fully saturated rings. The largest absolute Gasteiger partial charge is 0.342 e. The van der Waals surface area contributed by atoms with Gasteiger partial charge in [-0.05, 0) is 25.3 Å². The smallest absolute Gasteiger partial charge is 0.291 e. The summed E-state index contributed by atoms with van der Waals surface area (Å²) < 4.78 is 0. The summed E-state index contributed by atoms with van der Waals surface area (Å²) in [5.74, 6) is 0.732. The highest BCUT2D eigenvalue weighted by Gasteiger charge is 2.17. The molecule has 0 radical (unpaired) electrons. The van der Waals surface area contributed by atoms with Crippen molar-refractivity contribution in [3.63, 3.8) is 0 Å². The molecule has 0 aliphatic heterocycles. The lowest BCUT2D eigenvalue weighted by Crippen LogP contribution is -2.29. The maximum Gasteiger partial charge on any atom is 0.291 e. The van der Waals surface area contributed by atoms with Gasteiger partial charge < -0.3 is 5.32 Å². The second kappa shape index (κ2) is 7.02. The molecule has 0 aliphatic rings. The third-order valence-electron chi connectivity index (χ3n) is 3.41. The zero-order valence-electron chi connectivity index (χ0n) is 12.8. The highest BCUT2D eigenvalue weighted by Crippen LogP contribution is 2.17. The third-order valence-corrected chi connectivity index (χ3v) is 3.41. The second-order valence-electron chi connectivity index (χ2n) is 5.20. The van der Waals surface area contributed by atoms with Crippen LogP contribution in [0.1, 0.15) is 60.3 Å². The Balaban J connectivity index is 2.06. The number of rotatable bonds is 6. The van der Waals surface area contributed by atoms with Crippen LogP contribution in [0.4, 0.5) is 0 Å². The highest BCUT2D eigenvalue weighted by atomic mass is 16.2. The van der Waals surface area contributed by atoms with Crippen LogP contribution in [0, 0.1) is 6.92 Å². The molecule has 0 saturated carbocycles. The number of carbonyl (C=O) groups excluding carboxylic acids is 1. The molecule has 1 aromatic carbocycles. The Morgan fingerprint density at radius 2 is 2.00 bits per heavy atom. The Labute approximate surface area is 125 Å². The van der Waals surface area contributed by atoms with Crippen molar-refractivity contribution >= 4 is 5.91 Å². The van der Waals surface area contributed by atoms with Crippen LogP contribution in [0.15, 0.2) is 24.3 Å². The van der Waals surface area contributed by atoms with Crippen LogP contribution in [0.3, 0.4) is 0 Å². The van der Waals surface area contributed by atoms with Gasteiger partial charge in [0.2, 0.25) is 5.82 Å². The van der Waals surface area contributed by atoms with Gasteiger partial charge in [0.05, 0.1) is 6.04 Å². The number of nitrogens with zero attached hydrogens (tertiary/aromatic N) is 2. The van der Waals surface area contributed by atoms with Crippen molar-refractivity contribution in [1.29, 1.82) is 0 Å². The number of benzene rings is 1. The average Bonchev–Trinajstić information content (AvgIpc) is 2.95. The fourth-order valence-corrected chi connectivity index (χ4v) is 2.19. The molecular weight excluding hydrogens is 264 g/mol. The molecule has 1 aromatic heterocycles. The first-order valence-electron chi connectivity index (χ1n) is 7.42. The van der Waals surface area contributed by atoms with Crippen molar-refractivity contribution < 1.29 is 4.79 Å². The molecule has 1 atom stereocenters. The quantitative estimate of drug-likeness (QED) is 0.857. The summed E-state index contributed by atoms with van der Waals surface area (Å²) in [6, 6.07) is 8.17. The van der Waals surface area contributed by atoms with Crippen LogP contribution in [0.25, 0.3) is 0 Å². The van der Waals surface area contributed by atoms with Gasteiger partial charge in [0.15, 0.2) is 0 Å². The molecule has 112 valence electrons. The van der Waals surface area contributed by atoms with E-state index in [0.29, 0.717) is 0 Å². The van der Waals surface area contributed by atoms with E-state index in [1.807, 2.05) is 26.0 Å². The van der Waals surface area contributed by atoms with E-state index in [4.69, 9.17) is 0 Å². The number of H-pyrrole nitrogens is 1. The standard InChI is InChI=1S/C16H22N4O/c1-4-6-14-18-15(20-19-14)16(21)17-13(5-2)12-9-7-11(3)8-10-12/h7-10,13H,4-6H2,1-3H3,(H,17,21)(H,18,19,20). The molecule has 2 N–H and O–H groups in total. The Morgan fingerprint density at radius 3 is 2.62 bits per heavy atom. The number of amides is 1. The van der Waals surface area contributed by atoms with Crippen LogP contribution in [0.5, 0.6) is 0 Å². The third kappa shape index (κ3) is 3.90. The first-order valence-corrected chi connectivity index (χ1v) is 7.42. The number of aryl methyl sites for hydroxylation is 2. The molecule has 1 amide bonds. The van der Waals surface area contributed by atoms with E-state index in [-0.39, 0.29) is 17.8 Å². The van der Waals surface area contributed by atoms with Crippen molar-refractivity contribution in [3.05, 3.63) is 47.0 Å². The summed E-state index contributed by atoms with van der Waals surface area (Å²) in [4.78, 5) is 16.4.